The second-order valence-corrected chi connectivity index (χ2v) is 6.83. The summed E-state index contributed by atoms with van der Waals surface area (Å²) in [6, 6.07) is 12.3. The molecule has 0 spiro atoms. The van der Waals surface area contributed by atoms with Gasteiger partial charge in [-0.2, -0.15) is 0 Å². The molecular weight excluding hydrogens is 414 g/mol. The summed E-state index contributed by atoms with van der Waals surface area (Å²) in [5, 5.41) is 11.4. The molecule has 0 saturated carbocycles. The predicted octanol–water partition coefficient (Wildman–Crippen LogP) is 3.55. The highest BCUT2D eigenvalue weighted by Gasteiger charge is 2.15. The summed E-state index contributed by atoms with van der Waals surface area (Å²) >= 11 is 3.37. The van der Waals surface area contributed by atoms with E-state index in [2.05, 4.69) is 31.2 Å². The lowest BCUT2D eigenvalue weighted by atomic mass is 10.1. The Hall–Kier alpha value is -3.00. The van der Waals surface area contributed by atoms with E-state index < -0.39 is 5.97 Å². The van der Waals surface area contributed by atoms with Gasteiger partial charge in [-0.05, 0) is 36.8 Å². The smallest absolute Gasteiger partial charge is 0.303 e. The Balaban J connectivity index is 1.95. The van der Waals surface area contributed by atoms with Crippen molar-refractivity contribution >= 4 is 44.5 Å². The third-order valence-electron chi connectivity index (χ3n) is 3.90. The molecule has 3 N–H and O–H groups in total. The van der Waals surface area contributed by atoms with Crippen LogP contribution in [0.2, 0.25) is 0 Å². The molecule has 3 rings (SSSR count). The molecule has 2 aromatic carbocycles. The zero-order valence-electron chi connectivity index (χ0n) is 14.2. The van der Waals surface area contributed by atoms with E-state index in [1.165, 1.54) is 0 Å². The molecular formula is C19H16BrN3O4. The van der Waals surface area contributed by atoms with Crippen LogP contribution in [0, 0.1) is 0 Å². The Bertz CT molecular complexity index is 1080. The Morgan fingerprint density at radius 1 is 1.15 bits per heavy atom. The van der Waals surface area contributed by atoms with Crippen molar-refractivity contribution in [1.29, 1.82) is 0 Å². The number of halogens is 1. The Morgan fingerprint density at radius 3 is 2.70 bits per heavy atom. The number of carbonyl (C=O) groups is 2. The number of hydrogen-bond acceptors (Lipinski definition) is 4. The lowest BCUT2D eigenvalue weighted by Gasteiger charge is -2.11. The summed E-state index contributed by atoms with van der Waals surface area (Å²) in [4.78, 5) is 42.5. The summed E-state index contributed by atoms with van der Waals surface area (Å²) in [6.07, 6.45) is 0.234. The Kier molecular flexibility index (Phi) is 5.66. The number of carboxylic acids is 1. The highest BCUT2D eigenvalue weighted by atomic mass is 79.9. The standard InChI is InChI=1S/C19H16BrN3O4/c20-11-8-9-13(21-16(24)6-3-7-17(25)26)12(10-11)18-19(27)23-15-5-2-1-4-14(15)22-18/h1-2,4-5,8-10H,3,6-7H2,(H,21,24)(H,23,27)(H,25,26). The maximum absolute atomic E-state index is 12.5. The molecule has 8 heteroatoms. The Labute approximate surface area is 162 Å². The van der Waals surface area contributed by atoms with Crippen LogP contribution in [0.3, 0.4) is 0 Å². The molecule has 3 aromatic rings. The Morgan fingerprint density at radius 2 is 1.93 bits per heavy atom. The van der Waals surface area contributed by atoms with Crippen LogP contribution in [-0.4, -0.2) is 27.0 Å². The summed E-state index contributed by atoms with van der Waals surface area (Å²) in [5.74, 6) is -1.27. The van der Waals surface area contributed by atoms with Crippen LogP contribution >= 0.6 is 15.9 Å². The highest BCUT2D eigenvalue weighted by molar-refractivity contribution is 9.10. The number of aliphatic carboxylic acids is 1. The third kappa shape index (κ3) is 4.59. The number of fused-ring (bicyclic) bond motifs is 1. The van der Waals surface area contributed by atoms with E-state index >= 15 is 0 Å². The number of aromatic amines is 1. The van der Waals surface area contributed by atoms with Crippen molar-refractivity contribution in [3.63, 3.8) is 0 Å². The van der Waals surface area contributed by atoms with Gasteiger partial charge in [-0.15, -0.1) is 0 Å². The molecule has 0 saturated heterocycles. The first-order chi connectivity index (χ1) is 12.9. The molecule has 1 aromatic heterocycles. The quantitative estimate of drug-likeness (QED) is 0.554. The van der Waals surface area contributed by atoms with Gasteiger partial charge in [-0.1, -0.05) is 28.1 Å². The molecule has 1 amide bonds. The minimum Gasteiger partial charge on any atom is -0.481 e. The van der Waals surface area contributed by atoms with Crippen molar-refractivity contribution in [3.8, 4) is 11.3 Å². The second-order valence-electron chi connectivity index (χ2n) is 5.92. The fourth-order valence-corrected chi connectivity index (χ4v) is 3.01. The van der Waals surface area contributed by atoms with Crippen LogP contribution in [-0.2, 0) is 9.59 Å². The topological polar surface area (TPSA) is 112 Å². The molecule has 0 aliphatic rings. The number of hydrogen-bond donors (Lipinski definition) is 3. The van der Waals surface area contributed by atoms with Crippen molar-refractivity contribution in [2.45, 2.75) is 19.3 Å². The highest BCUT2D eigenvalue weighted by Crippen LogP contribution is 2.29. The number of anilines is 1. The van der Waals surface area contributed by atoms with Crippen molar-refractivity contribution in [3.05, 3.63) is 57.3 Å². The largest absolute Gasteiger partial charge is 0.481 e. The average molecular weight is 430 g/mol. The van der Waals surface area contributed by atoms with Gasteiger partial charge in [0.1, 0.15) is 5.69 Å². The first-order valence-corrected chi connectivity index (χ1v) is 9.04. The van der Waals surface area contributed by atoms with Crippen LogP contribution in [0.15, 0.2) is 51.7 Å². The van der Waals surface area contributed by atoms with Gasteiger partial charge in [-0.25, -0.2) is 4.98 Å². The summed E-state index contributed by atoms with van der Waals surface area (Å²) in [6.45, 7) is 0. The van der Waals surface area contributed by atoms with Gasteiger partial charge < -0.3 is 15.4 Å². The maximum atomic E-state index is 12.5. The fraction of sp³-hybridized carbons (Fsp3) is 0.158. The van der Waals surface area contributed by atoms with E-state index in [4.69, 9.17) is 5.11 Å². The van der Waals surface area contributed by atoms with Crippen LogP contribution < -0.4 is 10.9 Å². The fourth-order valence-electron chi connectivity index (χ4n) is 2.65. The van der Waals surface area contributed by atoms with Gasteiger partial charge in [0.2, 0.25) is 5.91 Å². The van der Waals surface area contributed by atoms with Gasteiger partial charge in [0, 0.05) is 22.9 Å². The van der Waals surface area contributed by atoms with Crippen LogP contribution in [0.4, 0.5) is 5.69 Å². The molecule has 138 valence electrons. The summed E-state index contributed by atoms with van der Waals surface area (Å²) < 4.78 is 0.732. The number of amides is 1. The van der Waals surface area contributed by atoms with Crippen LogP contribution in [0.25, 0.3) is 22.3 Å². The number of nitrogens with zero attached hydrogens (tertiary/aromatic N) is 1. The number of carbonyl (C=O) groups excluding carboxylic acids is 1. The number of para-hydroxylation sites is 2. The zero-order valence-corrected chi connectivity index (χ0v) is 15.7. The van der Waals surface area contributed by atoms with E-state index in [9.17, 15) is 14.4 Å². The third-order valence-corrected chi connectivity index (χ3v) is 4.40. The number of rotatable bonds is 6. The van der Waals surface area contributed by atoms with Crippen molar-refractivity contribution in [2.75, 3.05) is 5.32 Å². The molecule has 7 nitrogen and oxygen atoms in total. The van der Waals surface area contributed by atoms with Crippen molar-refractivity contribution in [2.24, 2.45) is 0 Å². The lowest BCUT2D eigenvalue weighted by Crippen LogP contribution is -2.16. The first kappa shape index (κ1) is 18.8. The minimum atomic E-state index is -0.945. The maximum Gasteiger partial charge on any atom is 0.303 e. The molecule has 0 aliphatic heterocycles. The molecule has 0 atom stereocenters. The van der Waals surface area contributed by atoms with Gasteiger partial charge in [0.25, 0.3) is 5.56 Å². The average Bonchev–Trinajstić information content (AvgIpc) is 2.62. The number of benzene rings is 2. The first-order valence-electron chi connectivity index (χ1n) is 8.24. The van der Waals surface area contributed by atoms with E-state index in [0.717, 1.165) is 4.47 Å². The van der Waals surface area contributed by atoms with Crippen molar-refractivity contribution < 1.29 is 14.7 Å². The van der Waals surface area contributed by atoms with Crippen molar-refractivity contribution in [1.82, 2.24) is 9.97 Å². The van der Waals surface area contributed by atoms with E-state index in [-0.39, 0.29) is 36.4 Å². The molecule has 0 unspecified atom stereocenters. The number of aromatic nitrogens is 2. The molecule has 0 aliphatic carbocycles. The lowest BCUT2D eigenvalue weighted by molar-refractivity contribution is -0.137. The van der Waals surface area contributed by atoms with E-state index in [1.54, 1.807) is 30.3 Å². The molecule has 0 bridgehead atoms. The summed E-state index contributed by atoms with van der Waals surface area (Å²) in [7, 11) is 0. The molecule has 27 heavy (non-hydrogen) atoms. The molecule has 0 fully saturated rings. The number of nitrogens with one attached hydrogen (secondary N) is 2. The predicted molar refractivity (Wildman–Crippen MR) is 106 cm³/mol. The van der Waals surface area contributed by atoms with Gasteiger partial charge in [0.15, 0.2) is 0 Å². The van der Waals surface area contributed by atoms with Gasteiger partial charge in [-0.3, -0.25) is 14.4 Å². The molecule has 0 radical (unpaired) electrons. The van der Waals surface area contributed by atoms with E-state index in [0.29, 0.717) is 22.3 Å². The van der Waals surface area contributed by atoms with Gasteiger partial charge in [0.05, 0.1) is 16.7 Å². The monoisotopic (exact) mass is 429 g/mol. The number of carboxylic acid groups (broad SMARTS) is 1. The van der Waals surface area contributed by atoms with E-state index in [1.807, 2.05) is 12.1 Å². The minimum absolute atomic E-state index is 0.0727. The number of H-pyrrole nitrogens is 1. The van der Waals surface area contributed by atoms with Gasteiger partial charge >= 0.3 is 5.97 Å². The molecule has 1 heterocycles. The van der Waals surface area contributed by atoms with Crippen LogP contribution in [0.5, 0.6) is 0 Å². The van der Waals surface area contributed by atoms with Crippen LogP contribution in [0.1, 0.15) is 19.3 Å². The SMILES string of the molecule is O=C(O)CCCC(=O)Nc1ccc(Br)cc1-c1nc2ccccc2[nH]c1=O. The summed E-state index contributed by atoms with van der Waals surface area (Å²) in [5.41, 5.74) is 1.99. The normalized spacial score (nSPS) is 10.7. The zero-order chi connectivity index (χ0) is 19.4. The second kappa shape index (κ2) is 8.13.